The number of piperazine rings is 1. The summed E-state index contributed by atoms with van der Waals surface area (Å²) < 4.78 is 1.69. The van der Waals surface area contributed by atoms with E-state index < -0.39 is 0 Å². The summed E-state index contributed by atoms with van der Waals surface area (Å²) in [5, 5.41) is 7.24. The SMILES string of the molecule is C[C@@H]1CNCCN1C(=O)CCn1cncn1.Cl. The second-order valence-corrected chi connectivity index (χ2v) is 4.05. The quantitative estimate of drug-likeness (QED) is 0.824. The van der Waals surface area contributed by atoms with Crippen LogP contribution in [0.5, 0.6) is 0 Å². The van der Waals surface area contributed by atoms with Crippen molar-refractivity contribution in [2.75, 3.05) is 19.6 Å². The van der Waals surface area contributed by atoms with Crippen molar-refractivity contribution >= 4 is 18.3 Å². The number of hydrogen-bond acceptors (Lipinski definition) is 4. The highest BCUT2D eigenvalue weighted by Gasteiger charge is 2.22. The molecule has 6 nitrogen and oxygen atoms in total. The van der Waals surface area contributed by atoms with Gasteiger partial charge in [-0.25, -0.2) is 4.98 Å². The van der Waals surface area contributed by atoms with Crippen LogP contribution in [0.3, 0.4) is 0 Å². The molecule has 2 heterocycles. The molecule has 1 aromatic rings. The maximum Gasteiger partial charge on any atom is 0.224 e. The van der Waals surface area contributed by atoms with Gasteiger partial charge in [0.2, 0.25) is 5.91 Å². The smallest absolute Gasteiger partial charge is 0.224 e. The fraction of sp³-hybridized carbons (Fsp3) is 0.700. The van der Waals surface area contributed by atoms with E-state index >= 15 is 0 Å². The Kier molecular flexibility index (Phi) is 5.37. The lowest BCUT2D eigenvalue weighted by Crippen LogP contribution is -2.52. The van der Waals surface area contributed by atoms with E-state index in [4.69, 9.17) is 0 Å². The van der Waals surface area contributed by atoms with E-state index in [0.29, 0.717) is 13.0 Å². The standard InChI is InChI=1S/C10H17N5O.ClH/c1-9-6-11-3-5-15(9)10(16)2-4-14-8-12-7-13-14;/h7-9,11H,2-6H2,1H3;1H/t9-;/m1./s1. The van der Waals surface area contributed by atoms with Gasteiger partial charge < -0.3 is 10.2 Å². The van der Waals surface area contributed by atoms with Gasteiger partial charge in [-0.05, 0) is 6.92 Å². The van der Waals surface area contributed by atoms with Crippen molar-refractivity contribution in [2.45, 2.75) is 25.9 Å². The lowest BCUT2D eigenvalue weighted by Gasteiger charge is -2.34. The highest BCUT2D eigenvalue weighted by molar-refractivity contribution is 5.85. The minimum atomic E-state index is 0. The molecule has 1 N–H and O–H groups in total. The second kappa shape index (κ2) is 6.56. The summed E-state index contributed by atoms with van der Waals surface area (Å²) >= 11 is 0. The summed E-state index contributed by atoms with van der Waals surface area (Å²) in [7, 11) is 0. The van der Waals surface area contributed by atoms with E-state index in [2.05, 4.69) is 22.3 Å². The number of carbonyl (C=O) groups is 1. The third kappa shape index (κ3) is 3.67. The van der Waals surface area contributed by atoms with Crippen LogP contribution < -0.4 is 5.32 Å². The normalized spacial score (nSPS) is 19.8. The van der Waals surface area contributed by atoms with Crippen LogP contribution in [-0.4, -0.2) is 51.2 Å². The monoisotopic (exact) mass is 259 g/mol. The first-order valence-electron chi connectivity index (χ1n) is 5.60. The van der Waals surface area contributed by atoms with Crippen LogP contribution in [-0.2, 0) is 11.3 Å². The molecule has 7 heteroatoms. The van der Waals surface area contributed by atoms with Crippen molar-refractivity contribution in [3.05, 3.63) is 12.7 Å². The molecule has 0 saturated carbocycles. The number of amides is 1. The van der Waals surface area contributed by atoms with Crippen molar-refractivity contribution in [2.24, 2.45) is 0 Å². The van der Waals surface area contributed by atoms with Crippen LogP contribution in [0.1, 0.15) is 13.3 Å². The fourth-order valence-corrected chi connectivity index (χ4v) is 1.91. The summed E-state index contributed by atoms with van der Waals surface area (Å²) in [5.74, 6) is 0.199. The highest BCUT2D eigenvalue weighted by Crippen LogP contribution is 2.05. The zero-order chi connectivity index (χ0) is 11.4. The number of rotatable bonds is 3. The zero-order valence-corrected chi connectivity index (χ0v) is 10.7. The largest absolute Gasteiger partial charge is 0.337 e. The molecular weight excluding hydrogens is 242 g/mol. The van der Waals surface area contributed by atoms with Crippen molar-refractivity contribution in [1.29, 1.82) is 0 Å². The molecule has 0 bridgehead atoms. The van der Waals surface area contributed by atoms with Gasteiger partial charge in [0.25, 0.3) is 0 Å². The zero-order valence-electron chi connectivity index (χ0n) is 9.87. The van der Waals surface area contributed by atoms with Gasteiger partial charge in [-0.1, -0.05) is 0 Å². The molecule has 1 saturated heterocycles. The first-order chi connectivity index (χ1) is 7.77. The van der Waals surface area contributed by atoms with Gasteiger partial charge in [-0.15, -0.1) is 12.4 Å². The Morgan fingerprint density at radius 2 is 2.41 bits per heavy atom. The molecule has 0 radical (unpaired) electrons. The van der Waals surface area contributed by atoms with Crippen molar-refractivity contribution in [1.82, 2.24) is 25.0 Å². The summed E-state index contributed by atoms with van der Waals surface area (Å²) in [6.45, 7) is 5.25. The molecule has 1 amide bonds. The Morgan fingerprint density at radius 1 is 1.59 bits per heavy atom. The Bertz CT molecular complexity index is 342. The Balaban J connectivity index is 0.00000144. The van der Waals surface area contributed by atoms with E-state index in [1.165, 1.54) is 6.33 Å². The summed E-state index contributed by atoms with van der Waals surface area (Å²) in [6.07, 6.45) is 3.61. The topological polar surface area (TPSA) is 63.1 Å². The molecule has 0 unspecified atom stereocenters. The predicted octanol–water partition coefficient (Wildman–Crippen LogP) is -0.0897. The van der Waals surface area contributed by atoms with Crippen LogP contribution in [0.4, 0.5) is 0 Å². The Hall–Kier alpha value is -1.14. The first kappa shape index (κ1) is 13.9. The van der Waals surface area contributed by atoms with Gasteiger partial charge in [0.15, 0.2) is 0 Å². The van der Waals surface area contributed by atoms with Crippen LogP contribution in [0.2, 0.25) is 0 Å². The highest BCUT2D eigenvalue weighted by atomic mass is 35.5. The molecule has 1 atom stereocenters. The van der Waals surface area contributed by atoms with Crippen LogP contribution >= 0.6 is 12.4 Å². The van der Waals surface area contributed by atoms with E-state index in [9.17, 15) is 4.79 Å². The molecule has 17 heavy (non-hydrogen) atoms. The van der Waals surface area contributed by atoms with Crippen molar-refractivity contribution < 1.29 is 4.79 Å². The molecule has 0 aliphatic carbocycles. The van der Waals surface area contributed by atoms with Crippen molar-refractivity contribution in [3.63, 3.8) is 0 Å². The number of aryl methyl sites for hydroxylation is 1. The lowest BCUT2D eigenvalue weighted by atomic mass is 10.2. The van der Waals surface area contributed by atoms with Gasteiger partial charge in [-0.3, -0.25) is 9.48 Å². The molecule has 0 spiro atoms. The van der Waals surface area contributed by atoms with E-state index in [-0.39, 0.29) is 24.4 Å². The van der Waals surface area contributed by atoms with Gasteiger partial charge in [0, 0.05) is 32.1 Å². The number of hydrogen-bond donors (Lipinski definition) is 1. The minimum Gasteiger partial charge on any atom is -0.337 e. The van der Waals surface area contributed by atoms with Gasteiger partial charge in [0.05, 0.1) is 6.54 Å². The number of aromatic nitrogens is 3. The number of nitrogens with one attached hydrogen (secondary N) is 1. The molecule has 96 valence electrons. The van der Waals surface area contributed by atoms with Crippen LogP contribution in [0.15, 0.2) is 12.7 Å². The molecule has 1 aliphatic rings. The Labute approximate surface area is 107 Å². The summed E-state index contributed by atoms with van der Waals surface area (Å²) in [4.78, 5) is 17.7. The first-order valence-corrected chi connectivity index (χ1v) is 5.60. The minimum absolute atomic E-state index is 0. The van der Waals surface area contributed by atoms with E-state index in [1.807, 2.05) is 4.90 Å². The molecule has 0 aromatic carbocycles. The maximum atomic E-state index is 11.9. The van der Waals surface area contributed by atoms with Crippen molar-refractivity contribution in [3.8, 4) is 0 Å². The molecule has 1 aliphatic heterocycles. The number of halogens is 1. The Morgan fingerprint density at radius 3 is 3.06 bits per heavy atom. The molecule has 1 aromatic heterocycles. The van der Waals surface area contributed by atoms with Crippen LogP contribution in [0, 0.1) is 0 Å². The fourth-order valence-electron chi connectivity index (χ4n) is 1.91. The number of carbonyl (C=O) groups excluding carboxylic acids is 1. The van der Waals surface area contributed by atoms with Gasteiger partial charge >= 0.3 is 0 Å². The predicted molar refractivity (Wildman–Crippen MR) is 65.9 cm³/mol. The summed E-state index contributed by atoms with van der Waals surface area (Å²) in [6, 6.07) is 0.289. The van der Waals surface area contributed by atoms with E-state index in [1.54, 1.807) is 11.0 Å². The maximum absolute atomic E-state index is 11.9. The third-order valence-corrected chi connectivity index (χ3v) is 2.84. The number of nitrogens with zero attached hydrogens (tertiary/aromatic N) is 4. The van der Waals surface area contributed by atoms with E-state index in [0.717, 1.165) is 19.6 Å². The average Bonchev–Trinajstić information content (AvgIpc) is 2.79. The van der Waals surface area contributed by atoms with Crippen LogP contribution in [0.25, 0.3) is 0 Å². The summed E-state index contributed by atoms with van der Waals surface area (Å²) in [5.41, 5.74) is 0. The molecular formula is C10H18ClN5O. The average molecular weight is 260 g/mol. The third-order valence-electron chi connectivity index (χ3n) is 2.84. The van der Waals surface area contributed by atoms with Gasteiger partial charge in [0.1, 0.15) is 12.7 Å². The lowest BCUT2D eigenvalue weighted by molar-refractivity contribution is -0.134. The van der Waals surface area contributed by atoms with Gasteiger partial charge in [-0.2, -0.15) is 5.10 Å². The molecule has 1 fully saturated rings. The second-order valence-electron chi connectivity index (χ2n) is 4.05. The molecule has 2 rings (SSSR count).